The minimum absolute atomic E-state index is 0.0767. The Morgan fingerprint density at radius 3 is 2.79 bits per heavy atom. The van der Waals surface area contributed by atoms with E-state index in [1.165, 1.54) is 34.4 Å². The van der Waals surface area contributed by atoms with E-state index in [1.54, 1.807) is 6.07 Å². The van der Waals surface area contributed by atoms with Crippen LogP contribution >= 0.6 is 11.3 Å². The Balaban J connectivity index is 2.28. The number of rotatable bonds is 3. The van der Waals surface area contributed by atoms with E-state index in [-0.39, 0.29) is 5.56 Å². The summed E-state index contributed by atoms with van der Waals surface area (Å²) < 4.78 is 13.2. The molecule has 1 aromatic carbocycles. The molecule has 2 aromatic rings. The quantitative estimate of drug-likeness (QED) is 0.636. The summed E-state index contributed by atoms with van der Waals surface area (Å²) in [5, 5.41) is 20.7. The first-order chi connectivity index (χ1) is 9.13. The number of halogens is 1. The van der Waals surface area contributed by atoms with Crippen LogP contribution in [0, 0.1) is 35.5 Å². The van der Waals surface area contributed by atoms with Gasteiger partial charge in [-0.1, -0.05) is 0 Å². The summed E-state index contributed by atoms with van der Waals surface area (Å²) in [5.41, 5.74) is 1.17. The van der Waals surface area contributed by atoms with Crippen molar-refractivity contribution in [1.29, 1.82) is 10.5 Å². The van der Waals surface area contributed by atoms with Gasteiger partial charge < -0.3 is 0 Å². The average Bonchev–Trinajstić information content (AvgIpc) is 2.82. The second-order valence-electron chi connectivity index (χ2n) is 3.82. The first-order valence-electron chi connectivity index (χ1n) is 5.42. The second-order valence-corrected chi connectivity index (χ2v) is 4.88. The molecule has 0 amide bonds. The lowest BCUT2D eigenvalue weighted by Crippen LogP contribution is -2.16. The van der Waals surface area contributed by atoms with Gasteiger partial charge in [0.1, 0.15) is 11.9 Å². The summed E-state index contributed by atoms with van der Waals surface area (Å²) >= 11 is 1.50. The van der Waals surface area contributed by atoms with E-state index in [2.05, 4.69) is 4.98 Å². The molecule has 0 aliphatic carbocycles. The average molecular weight is 272 g/mol. The van der Waals surface area contributed by atoms with E-state index < -0.39 is 5.82 Å². The largest absolute Gasteiger partial charge is 0.273 e. The van der Waals surface area contributed by atoms with Crippen LogP contribution in [0.1, 0.15) is 16.3 Å². The maximum atomic E-state index is 13.2. The molecule has 0 unspecified atom stereocenters. The first-order valence-corrected chi connectivity index (χ1v) is 6.30. The molecule has 0 saturated carbocycles. The van der Waals surface area contributed by atoms with E-state index in [1.807, 2.05) is 18.5 Å². The van der Waals surface area contributed by atoms with Crippen molar-refractivity contribution in [2.75, 3.05) is 4.90 Å². The van der Waals surface area contributed by atoms with Gasteiger partial charge in [-0.15, -0.1) is 11.3 Å². The predicted octanol–water partition coefficient (Wildman–Crippen LogP) is 2.95. The van der Waals surface area contributed by atoms with Crippen LogP contribution in [0.15, 0.2) is 23.6 Å². The highest BCUT2D eigenvalue weighted by Crippen LogP contribution is 2.20. The van der Waals surface area contributed by atoms with Gasteiger partial charge in [0.2, 0.25) is 0 Å². The molecular formula is C13H9FN4S. The van der Waals surface area contributed by atoms with Crippen LogP contribution in [0.25, 0.3) is 0 Å². The Labute approximate surface area is 114 Å². The highest BCUT2D eigenvalue weighted by Gasteiger charge is 2.11. The molecule has 0 saturated heterocycles. The number of anilines is 1. The Bertz CT molecular complexity index is 681. The first kappa shape index (κ1) is 13.0. The summed E-state index contributed by atoms with van der Waals surface area (Å²) in [4.78, 5) is 5.64. The van der Waals surface area contributed by atoms with E-state index in [4.69, 9.17) is 10.5 Å². The number of hydrogen-bond acceptors (Lipinski definition) is 5. The van der Waals surface area contributed by atoms with Crippen LogP contribution in [0.4, 0.5) is 10.1 Å². The van der Waals surface area contributed by atoms with Gasteiger partial charge in [0.15, 0.2) is 6.19 Å². The summed E-state index contributed by atoms with van der Waals surface area (Å²) in [6.07, 6.45) is 2.01. The normalized spacial score (nSPS) is 9.68. The highest BCUT2D eigenvalue weighted by atomic mass is 32.1. The van der Waals surface area contributed by atoms with E-state index >= 15 is 0 Å². The third-order valence-corrected chi connectivity index (χ3v) is 3.31. The molecule has 0 spiro atoms. The SMILES string of the molecule is Cc1nc(CN(C#N)c2ccc(F)c(C#N)c2)cs1. The molecule has 1 heterocycles. The topological polar surface area (TPSA) is 63.7 Å². The molecule has 4 nitrogen and oxygen atoms in total. The predicted molar refractivity (Wildman–Crippen MR) is 69.8 cm³/mol. The van der Waals surface area contributed by atoms with Gasteiger partial charge in [-0.05, 0) is 25.1 Å². The molecule has 94 valence electrons. The highest BCUT2D eigenvalue weighted by molar-refractivity contribution is 7.09. The van der Waals surface area contributed by atoms with Gasteiger partial charge >= 0.3 is 0 Å². The lowest BCUT2D eigenvalue weighted by atomic mass is 10.2. The molecular weight excluding hydrogens is 263 g/mol. The monoisotopic (exact) mass is 272 g/mol. The molecule has 0 aliphatic heterocycles. The molecule has 0 bridgehead atoms. The van der Waals surface area contributed by atoms with Crippen molar-refractivity contribution in [3.8, 4) is 12.3 Å². The van der Waals surface area contributed by atoms with Gasteiger partial charge in [0, 0.05) is 5.38 Å². The van der Waals surface area contributed by atoms with Crippen molar-refractivity contribution in [3.63, 3.8) is 0 Å². The van der Waals surface area contributed by atoms with Crippen LogP contribution in [-0.2, 0) is 6.54 Å². The molecule has 1 aromatic heterocycles. The summed E-state index contributed by atoms with van der Waals surface area (Å²) in [6.45, 7) is 2.19. The number of hydrogen-bond donors (Lipinski definition) is 0. The third-order valence-electron chi connectivity index (χ3n) is 2.49. The fourth-order valence-electron chi connectivity index (χ4n) is 1.59. The Kier molecular flexibility index (Phi) is 3.74. The fourth-order valence-corrected chi connectivity index (χ4v) is 2.20. The van der Waals surface area contributed by atoms with E-state index in [9.17, 15) is 4.39 Å². The maximum absolute atomic E-state index is 13.2. The molecule has 19 heavy (non-hydrogen) atoms. The fraction of sp³-hybridized carbons (Fsp3) is 0.154. The molecule has 0 atom stereocenters. The van der Waals surface area contributed by atoms with Gasteiger partial charge in [0.25, 0.3) is 0 Å². The van der Waals surface area contributed by atoms with Crippen molar-refractivity contribution < 1.29 is 4.39 Å². The number of aryl methyl sites for hydroxylation is 1. The van der Waals surface area contributed by atoms with Gasteiger partial charge in [0.05, 0.1) is 28.5 Å². The lowest BCUT2D eigenvalue weighted by molar-refractivity contribution is 0.624. The molecule has 0 aliphatic rings. The second kappa shape index (κ2) is 5.47. The summed E-state index contributed by atoms with van der Waals surface area (Å²) in [6, 6.07) is 5.77. The van der Waals surface area contributed by atoms with Crippen molar-refractivity contribution in [2.45, 2.75) is 13.5 Å². The summed E-state index contributed by atoms with van der Waals surface area (Å²) in [7, 11) is 0. The standard InChI is InChI=1S/C13H9FN4S/c1-9-17-11(7-19-9)6-18(8-16)12-2-3-13(14)10(4-12)5-15/h2-4,7H,6H2,1H3. The molecule has 2 rings (SSSR count). The summed E-state index contributed by atoms with van der Waals surface area (Å²) in [5.74, 6) is -0.589. The Morgan fingerprint density at radius 2 is 2.21 bits per heavy atom. The lowest BCUT2D eigenvalue weighted by Gasteiger charge is -2.14. The molecule has 0 radical (unpaired) electrons. The van der Waals surface area contributed by atoms with Crippen molar-refractivity contribution in [2.24, 2.45) is 0 Å². The van der Waals surface area contributed by atoms with Gasteiger partial charge in [-0.2, -0.15) is 10.5 Å². The van der Waals surface area contributed by atoms with E-state index in [0.29, 0.717) is 12.2 Å². The van der Waals surface area contributed by atoms with Gasteiger partial charge in [-0.3, -0.25) is 4.90 Å². The van der Waals surface area contributed by atoms with Crippen LogP contribution < -0.4 is 4.90 Å². The van der Waals surface area contributed by atoms with Crippen molar-refractivity contribution in [3.05, 3.63) is 45.7 Å². The zero-order valence-corrected chi connectivity index (χ0v) is 10.9. The zero-order chi connectivity index (χ0) is 13.8. The number of aromatic nitrogens is 1. The smallest absolute Gasteiger partial charge is 0.184 e. The minimum Gasteiger partial charge on any atom is -0.273 e. The molecule has 0 N–H and O–H groups in total. The van der Waals surface area contributed by atoms with Crippen LogP contribution in [-0.4, -0.2) is 4.98 Å². The van der Waals surface area contributed by atoms with Crippen molar-refractivity contribution >= 4 is 17.0 Å². The van der Waals surface area contributed by atoms with Crippen LogP contribution in [0.2, 0.25) is 0 Å². The Hall–Kier alpha value is -2.44. The molecule has 6 heteroatoms. The minimum atomic E-state index is -0.589. The van der Waals surface area contributed by atoms with Crippen LogP contribution in [0.3, 0.4) is 0 Å². The molecule has 0 fully saturated rings. The number of benzene rings is 1. The number of thiazole rings is 1. The zero-order valence-electron chi connectivity index (χ0n) is 10.1. The number of nitrogens with zero attached hydrogens (tertiary/aromatic N) is 4. The van der Waals surface area contributed by atoms with Crippen molar-refractivity contribution in [1.82, 2.24) is 4.98 Å². The number of nitriles is 2. The van der Waals surface area contributed by atoms with Crippen LogP contribution in [0.5, 0.6) is 0 Å². The third kappa shape index (κ3) is 2.87. The maximum Gasteiger partial charge on any atom is 0.184 e. The Morgan fingerprint density at radius 1 is 1.42 bits per heavy atom. The van der Waals surface area contributed by atoms with E-state index in [0.717, 1.165) is 10.7 Å². The van der Waals surface area contributed by atoms with Gasteiger partial charge in [-0.25, -0.2) is 9.37 Å².